The second-order valence-corrected chi connectivity index (χ2v) is 4.31. The van der Waals surface area contributed by atoms with Crippen LogP contribution in [0, 0.1) is 23.3 Å². The van der Waals surface area contributed by atoms with E-state index < -0.39 is 41.0 Å². The fourth-order valence-corrected chi connectivity index (χ4v) is 1.90. The van der Waals surface area contributed by atoms with Crippen molar-refractivity contribution in [1.29, 1.82) is 0 Å². The number of rotatable bonds is 4. The van der Waals surface area contributed by atoms with E-state index in [2.05, 4.69) is 0 Å². The Hall–Kier alpha value is -2.37. The molecule has 6 heteroatoms. The fourth-order valence-electron chi connectivity index (χ4n) is 1.90. The molecule has 0 unspecified atom stereocenters. The summed E-state index contributed by atoms with van der Waals surface area (Å²) in [4.78, 5) is 11.9. The monoisotopic (exact) mass is 298 g/mol. The van der Waals surface area contributed by atoms with Crippen molar-refractivity contribution in [3.05, 3.63) is 64.7 Å². The van der Waals surface area contributed by atoms with Crippen molar-refractivity contribution >= 4 is 5.78 Å². The Morgan fingerprint density at radius 2 is 1.62 bits per heavy atom. The molecule has 21 heavy (non-hydrogen) atoms. The van der Waals surface area contributed by atoms with Gasteiger partial charge in [-0.25, -0.2) is 17.6 Å². The van der Waals surface area contributed by atoms with Gasteiger partial charge in [0.2, 0.25) is 0 Å². The maximum absolute atomic E-state index is 13.5. The highest BCUT2D eigenvalue weighted by atomic mass is 19.1. The third-order valence-electron chi connectivity index (χ3n) is 2.87. The molecule has 0 heterocycles. The van der Waals surface area contributed by atoms with Crippen LogP contribution in [0.25, 0.3) is 0 Å². The van der Waals surface area contributed by atoms with Gasteiger partial charge in [-0.15, -0.1) is 0 Å². The first-order valence-electron chi connectivity index (χ1n) is 5.92. The zero-order valence-electron chi connectivity index (χ0n) is 10.9. The molecule has 0 radical (unpaired) electrons. The number of ether oxygens (including phenoxy) is 1. The van der Waals surface area contributed by atoms with Crippen LogP contribution in [0.3, 0.4) is 0 Å². The maximum Gasteiger partial charge on any atom is 0.173 e. The molecule has 0 aliphatic heterocycles. The van der Waals surface area contributed by atoms with Gasteiger partial charge < -0.3 is 4.74 Å². The Kier molecular flexibility index (Phi) is 4.26. The molecule has 2 aromatic rings. The Morgan fingerprint density at radius 3 is 2.14 bits per heavy atom. The van der Waals surface area contributed by atoms with Gasteiger partial charge in [-0.3, -0.25) is 4.79 Å². The molecule has 0 saturated carbocycles. The van der Waals surface area contributed by atoms with Crippen LogP contribution in [0.1, 0.15) is 15.9 Å². The van der Waals surface area contributed by atoms with Gasteiger partial charge in [-0.05, 0) is 17.7 Å². The van der Waals surface area contributed by atoms with E-state index in [9.17, 15) is 22.4 Å². The van der Waals surface area contributed by atoms with Crippen LogP contribution in [0.2, 0.25) is 0 Å². The molecule has 0 saturated heterocycles. The SMILES string of the molecule is COc1ccc(CC(=O)c2c(F)cc(F)cc2F)cc1F. The van der Waals surface area contributed by atoms with E-state index in [-0.39, 0.29) is 11.3 Å². The lowest BCUT2D eigenvalue weighted by Crippen LogP contribution is -2.10. The minimum atomic E-state index is -1.29. The van der Waals surface area contributed by atoms with E-state index >= 15 is 0 Å². The molecule has 2 rings (SSSR count). The fraction of sp³-hybridized carbons (Fsp3) is 0.133. The summed E-state index contributed by atoms with van der Waals surface area (Å²) in [6.45, 7) is 0. The largest absolute Gasteiger partial charge is 0.494 e. The molecule has 2 aromatic carbocycles. The topological polar surface area (TPSA) is 26.3 Å². The molecular weight excluding hydrogens is 288 g/mol. The summed E-state index contributed by atoms with van der Waals surface area (Å²) in [5, 5.41) is 0. The molecule has 2 nitrogen and oxygen atoms in total. The summed E-state index contributed by atoms with van der Waals surface area (Å²) in [6.07, 6.45) is -0.416. The highest BCUT2D eigenvalue weighted by molar-refractivity contribution is 5.98. The average molecular weight is 298 g/mol. The van der Waals surface area contributed by atoms with Crippen LogP contribution in [0.4, 0.5) is 17.6 Å². The van der Waals surface area contributed by atoms with Crippen LogP contribution < -0.4 is 4.74 Å². The van der Waals surface area contributed by atoms with Gasteiger partial charge in [0.15, 0.2) is 17.3 Å². The predicted molar refractivity (Wildman–Crippen MR) is 67.3 cm³/mol. The number of ketones is 1. The standard InChI is InChI=1S/C15H10F4O2/c1-21-14-3-2-8(4-10(14)17)5-13(20)15-11(18)6-9(16)7-12(15)19/h2-4,6-7H,5H2,1H3. The highest BCUT2D eigenvalue weighted by Crippen LogP contribution is 2.21. The maximum atomic E-state index is 13.5. The molecule has 0 aliphatic carbocycles. The van der Waals surface area contributed by atoms with Gasteiger partial charge in [-0.2, -0.15) is 0 Å². The second kappa shape index (κ2) is 5.95. The Balaban J connectivity index is 2.28. The van der Waals surface area contributed by atoms with Gasteiger partial charge in [0.05, 0.1) is 12.7 Å². The molecule has 0 spiro atoms. The summed E-state index contributed by atoms with van der Waals surface area (Å²) in [5.74, 6) is -5.29. The third kappa shape index (κ3) is 3.21. The van der Waals surface area contributed by atoms with Gasteiger partial charge in [0.1, 0.15) is 17.5 Å². The molecule has 0 aromatic heterocycles. The van der Waals surface area contributed by atoms with Gasteiger partial charge in [-0.1, -0.05) is 6.07 Å². The van der Waals surface area contributed by atoms with Gasteiger partial charge >= 0.3 is 0 Å². The summed E-state index contributed by atoms with van der Waals surface area (Å²) >= 11 is 0. The van der Waals surface area contributed by atoms with Crippen molar-refractivity contribution < 1.29 is 27.1 Å². The summed E-state index contributed by atoms with van der Waals surface area (Å²) < 4.78 is 57.9. The number of halogens is 4. The van der Waals surface area contributed by atoms with Crippen LogP contribution in [-0.4, -0.2) is 12.9 Å². The minimum Gasteiger partial charge on any atom is -0.494 e. The first-order valence-corrected chi connectivity index (χ1v) is 5.92. The van der Waals surface area contributed by atoms with Crippen LogP contribution in [0.5, 0.6) is 5.75 Å². The van der Waals surface area contributed by atoms with Crippen molar-refractivity contribution in [2.45, 2.75) is 6.42 Å². The van der Waals surface area contributed by atoms with Crippen LogP contribution >= 0.6 is 0 Å². The summed E-state index contributed by atoms with van der Waals surface area (Å²) in [5.41, 5.74) is -0.617. The molecule has 0 fully saturated rings. The Labute approximate surface area is 118 Å². The van der Waals surface area contributed by atoms with Crippen LogP contribution in [0.15, 0.2) is 30.3 Å². The van der Waals surface area contributed by atoms with Crippen molar-refractivity contribution in [2.24, 2.45) is 0 Å². The predicted octanol–water partition coefficient (Wildman–Crippen LogP) is 3.68. The molecule has 0 aliphatic rings. The average Bonchev–Trinajstić information content (AvgIpc) is 2.37. The van der Waals surface area contributed by atoms with E-state index in [4.69, 9.17) is 4.74 Å². The first-order chi connectivity index (χ1) is 9.92. The number of benzene rings is 2. The Morgan fingerprint density at radius 1 is 1.00 bits per heavy atom. The molecule has 0 atom stereocenters. The number of Topliss-reactive ketones (excluding diaryl/α,β-unsaturated/α-hetero) is 1. The van der Waals surface area contributed by atoms with Crippen molar-refractivity contribution in [3.63, 3.8) is 0 Å². The number of carbonyl (C=O) groups is 1. The van der Waals surface area contributed by atoms with E-state index in [1.165, 1.54) is 19.2 Å². The molecule has 0 bridgehead atoms. The lowest BCUT2D eigenvalue weighted by atomic mass is 10.0. The molecular formula is C15H10F4O2. The number of hydrogen-bond donors (Lipinski definition) is 0. The van der Waals surface area contributed by atoms with Crippen molar-refractivity contribution in [2.75, 3.05) is 7.11 Å². The van der Waals surface area contributed by atoms with Gasteiger partial charge in [0.25, 0.3) is 0 Å². The van der Waals surface area contributed by atoms with Crippen molar-refractivity contribution in [1.82, 2.24) is 0 Å². The van der Waals surface area contributed by atoms with Crippen molar-refractivity contribution in [3.8, 4) is 5.75 Å². The zero-order valence-corrected chi connectivity index (χ0v) is 10.9. The lowest BCUT2D eigenvalue weighted by molar-refractivity contribution is 0.0984. The smallest absolute Gasteiger partial charge is 0.173 e. The number of methoxy groups -OCH3 is 1. The quantitative estimate of drug-likeness (QED) is 0.636. The van der Waals surface area contributed by atoms with E-state index in [1.807, 2.05) is 0 Å². The Bertz CT molecular complexity index is 675. The summed E-state index contributed by atoms with van der Waals surface area (Å²) in [6, 6.07) is 4.58. The second-order valence-electron chi connectivity index (χ2n) is 4.31. The molecule has 110 valence electrons. The first kappa shape index (κ1) is 15.0. The number of carbonyl (C=O) groups excluding carboxylic acids is 1. The summed E-state index contributed by atoms with van der Waals surface area (Å²) in [7, 11) is 1.28. The van der Waals surface area contributed by atoms with Gasteiger partial charge in [0, 0.05) is 18.6 Å². The van der Waals surface area contributed by atoms with Crippen LogP contribution in [-0.2, 0) is 6.42 Å². The number of hydrogen-bond acceptors (Lipinski definition) is 2. The lowest BCUT2D eigenvalue weighted by Gasteiger charge is -2.07. The van der Waals surface area contributed by atoms with E-state index in [1.54, 1.807) is 0 Å². The normalized spacial score (nSPS) is 10.5. The van der Waals surface area contributed by atoms with E-state index in [0.29, 0.717) is 12.1 Å². The zero-order chi connectivity index (χ0) is 15.6. The minimum absolute atomic E-state index is 0.00894. The third-order valence-corrected chi connectivity index (χ3v) is 2.87. The highest BCUT2D eigenvalue weighted by Gasteiger charge is 2.19. The van der Waals surface area contributed by atoms with E-state index in [0.717, 1.165) is 6.07 Å². The molecule has 0 amide bonds. The molecule has 0 N–H and O–H groups in total.